The Morgan fingerprint density at radius 2 is 1.83 bits per heavy atom. The minimum Gasteiger partial charge on any atom is -0.493 e. The Hall–Kier alpha value is -3.13. The van der Waals surface area contributed by atoms with E-state index in [2.05, 4.69) is 29.0 Å². The molecule has 2 aromatic rings. The van der Waals surface area contributed by atoms with Crippen molar-refractivity contribution >= 4 is 11.8 Å². The van der Waals surface area contributed by atoms with Gasteiger partial charge in [0.1, 0.15) is 0 Å². The normalized spacial score (nSPS) is 24.2. The molecule has 0 aliphatic carbocycles. The number of likely N-dealkylation sites (tertiary alicyclic amines) is 1. The van der Waals surface area contributed by atoms with Gasteiger partial charge in [0.05, 0.1) is 26.2 Å². The number of carbonyl (C=O) groups excluding carboxylic acids is 2. The van der Waals surface area contributed by atoms with E-state index in [1.165, 1.54) is 13.5 Å². The van der Waals surface area contributed by atoms with Gasteiger partial charge in [0, 0.05) is 44.6 Å². The van der Waals surface area contributed by atoms with Crippen LogP contribution < -0.4 is 14.8 Å². The van der Waals surface area contributed by atoms with Gasteiger partial charge < -0.3 is 24.6 Å². The zero-order valence-electron chi connectivity index (χ0n) is 22.0. The van der Waals surface area contributed by atoms with Crippen molar-refractivity contribution in [1.82, 2.24) is 20.1 Å². The molecule has 0 saturated carbocycles. The highest BCUT2D eigenvalue weighted by molar-refractivity contribution is 6.02. The maximum Gasteiger partial charge on any atom is 0.254 e. The van der Waals surface area contributed by atoms with Crippen LogP contribution >= 0.6 is 0 Å². The van der Waals surface area contributed by atoms with Gasteiger partial charge in [-0.25, -0.2) is 0 Å². The van der Waals surface area contributed by atoms with E-state index >= 15 is 0 Å². The topological polar surface area (TPSA) is 84.0 Å². The Morgan fingerprint density at radius 1 is 1.14 bits per heavy atom. The number of nitrogens with one attached hydrogen (secondary N) is 1. The molecule has 0 spiro atoms. The van der Waals surface area contributed by atoms with Crippen LogP contribution in [0.4, 0.5) is 0 Å². The van der Waals surface area contributed by atoms with Crippen molar-refractivity contribution in [2.75, 3.05) is 47.4 Å². The van der Waals surface area contributed by atoms with Crippen LogP contribution in [0.15, 0.2) is 36.7 Å². The van der Waals surface area contributed by atoms with Gasteiger partial charge in [0.15, 0.2) is 11.5 Å². The minimum atomic E-state index is -0.610. The number of carbonyl (C=O) groups is 2. The number of rotatable bonds is 8. The lowest BCUT2D eigenvalue weighted by molar-refractivity contribution is -0.124. The third kappa shape index (κ3) is 5.33. The van der Waals surface area contributed by atoms with E-state index < -0.39 is 12.0 Å². The highest BCUT2D eigenvalue weighted by Gasteiger charge is 2.43. The highest BCUT2D eigenvalue weighted by Crippen LogP contribution is 2.45. The third-order valence-electron chi connectivity index (χ3n) is 7.38. The first kappa shape index (κ1) is 25.9. The highest BCUT2D eigenvalue weighted by atomic mass is 16.5. The number of fused-ring (bicyclic) bond motifs is 1. The molecule has 0 radical (unpaired) electrons. The molecule has 2 amide bonds. The van der Waals surface area contributed by atoms with Crippen molar-refractivity contribution in [3.8, 4) is 11.5 Å². The molecule has 194 valence electrons. The van der Waals surface area contributed by atoms with E-state index in [9.17, 15) is 9.59 Å². The first-order chi connectivity index (χ1) is 17.3. The van der Waals surface area contributed by atoms with Crippen LogP contribution in [0.25, 0.3) is 0 Å². The number of piperidine rings is 1. The molecule has 0 bridgehead atoms. The summed E-state index contributed by atoms with van der Waals surface area (Å²) in [6.07, 6.45) is 5.57. The molecular weight excluding hydrogens is 456 g/mol. The number of benzene rings is 1. The predicted molar refractivity (Wildman–Crippen MR) is 138 cm³/mol. The zero-order valence-corrected chi connectivity index (χ0v) is 22.0. The maximum atomic E-state index is 13.8. The molecule has 8 nitrogen and oxygen atoms in total. The number of hydrogen-bond acceptors (Lipinski definition) is 6. The second-order valence-corrected chi connectivity index (χ2v) is 10.3. The quantitative estimate of drug-likeness (QED) is 0.566. The van der Waals surface area contributed by atoms with Gasteiger partial charge in [-0.05, 0) is 60.5 Å². The average molecular weight is 495 g/mol. The molecule has 36 heavy (non-hydrogen) atoms. The fourth-order valence-corrected chi connectivity index (χ4v) is 5.90. The summed E-state index contributed by atoms with van der Waals surface area (Å²) in [6.45, 7) is 8.40. The molecule has 1 saturated heterocycles. The number of pyridine rings is 1. The first-order valence-electron chi connectivity index (χ1n) is 12.8. The van der Waals surface area contributed by atoms with Crippen LogP contribution in [-0.4, -0.2) is 74.0 Å². The summed E-state index contributed by atoms with van der Waals surface area (Å²) in [6, 6.07) is 6.69. The summed E-state index contributed by atoms with van der Waals surface area (Å²) >= 11 is 0. The number of nitrogens with zero attached hydrogens (tertiary/aromatic N) is 3. The number of hydrogen-bond donors (Lipinski definition) is 1. The predicted octanol–water partition coefficient (Wildman–Crippen LogP) is 3.49. The molecule has 1 aromatic heterocycles. The fraction of sp³-hybridized carbons (Fsp3) is 0.536. The average Bonchev–Trinajstić information content (AvgIpc) is 2.87. The van der Waals surface area contributed by atoms with Crippen molar-refractivity contribution in [2.24, 2.45) is 11.8 Å². The minimum absolute atomic E-state index is 0.114. The van der Waals surface area contributed by atoms with Gasteiger partial charge >= 0.3 is 0 Å². The van der Waals surface area contributed by atoms with Crippen LogP contribution in [0.1, 0.15) is 60.1 Å². The molecule has 3 heterocycles. The van der Waals surface area contributed by atoms with Crippen molar-refractivity contribution in [3.63, 3.8) is 0 Å². The molecule has 1 N–H and O–H groups in total. The molecule has 0 unspecified atom stereocenters. The summed E-state index contributed by atoms with van der Waals surface area (Å²) in [5.41, 5.74) is 1.90. The van der Waals surface area contributed by atoms with Crippen molar-refractivity contribution in [2.45, 2.75) is 38.6 Å². The van der Waals surface area contributed by atoms with Crippen molar-refractivity contribution in [3.05, 3.63) is 53.3 Å². The summed E-state index contributed by atoms with van der Waals surface area (Å²) in [7, 11) is 4.82. The monoisotopic (exact) mass is 494 g/mol. The van der Waals surface area contributed by atoms with Gasteiger partial charge in [-0.3, -0.25) is 14.6 Å². The Morgan fingerprint density at radius 3 is 2.47 bits per heavy atom. The summed E-state index contributed by atoms with van der Waals surface area (Å²) in [5.74, 6) is 1.48. The Labute approximate surface area is 214 Å². The second kappa shape index (κ2) is 11.3. The Bertz CT molecular complexity index is 1070. The lowest BCUT2D eigenvalue weighted by Gasteiger charge is -2.40. The first-order valence-corrected chi connectivity index (χ1v) is 12.8. The Balaban J connectivity index is 1.58. The van der Waals surface area contributed by atoms with E-state index in [4.69, 9.17) is 9.47 Å². The van der Waals surface area contributed by atoms with Crippen LogP contribution in [0.2, 0.25) is 0 Å². The van der Waals surface area contributed by atoms with E-state index in [1.54, 1.807) is 43.6 Å². The summed E-state index contributed by atoms with van der Waals surface area (Å²) in [5, 5.41) is 3.16. The number of aromatic nitrogens is 1. The molecule has 2 aliphatic heterocycles. The largest absolute Gasteiger partial charge is 0.493 e. The third-order valence-corrected chi connectivity index (χ3v) is 7.38. The molecule has 4 rings (SSSR count). The van der Waals surface area contributed by atoms with Gasteiger partial charge in [-0.15, -0.1) is 0 Å². The molecule has 4 atom stereocenters. The molecule has 8 heteroatoms. The van der Waals surface area contributed by atoms with Crippen LogP contribution in [0, 0.1) is 11.8 Å². The molecule has 1 aromatic carbocycles. The van der Waals surface area contributed by atoms with Gasteiger partial charge in [-0.1, -0.05) is 19.9 Å². The van der Waals surface area contributed by atoms with E-state index in [-0.39, 0.29) is 11.8 Å². The van der Waals surface area contributed by atoms with E-state index in [0.717, 1.165) is 31.6 Å². The van der Waals surface area contributed by atoms with E-state index in [0.29, 0.717) is 41.0 Å². The van der Waals surface area contributed by atoms with Crippen LogP contribution in [0.5, 0.6) is 11.5 Å². The van der Waals surface area contributed by atoms with Crippen LogP contribution in [-0.2, 0) is 4.79 Å². The molecule has 1 fully saturated rings. The summed E-state index contributed by atoms with van der Waals surface area (Å²) in [4.78, 5) is 35.5. The molecular formula is C28H38N4O4. The standard InChI is InChI=1S/C28H38N4O4/c1-18-12-19(2)17-32(16-18)11-7-10-30-27(33)25-21-13-23(35-4)24(36-5)14-22(21)28(34)31(3)26(25)20-8-6-9-29-15-20/h6,8-9,13-15,18-19,25-26H,7,10-12,16-17H2,1-5H3,(H,30,33)/t18-,19+,25-,26-/m1/s1. The lowest BCUT2D eigenvalue weighted by atomic mass is 9.79. The molecule has 2 aliphatic rings. The number of methoxy groups -OCH3 is 2. The van der Waals surface area contributed by atoms with E-state index in [1.807, 2.05) is 12.1 Å². The Kier molecular flexibility index (Phi) is 8.14. The maximum absolute atomic E-state index is 13.8. The second-order valence-electron chi connectivity index (χ2n) is 10.3. The number of amides is 2. The van der Waals surface area contributed by atoms with Gasteiger partial charge in [-0.2, -0.15) is 0 Å². The number of likely N-dealkylation sites (N-methyl/N-ethyl adjacent to an activating group) is 1. The van der Waals surface area contributed by atoms with Crippen molar-refractivity contribution < 1.29 is 19.1 Å². The van der Waals surface area contributed by atoms with Gasteiger partial charge in [0.2, 0.25) is 5.91 Å². The lowest BCUT2D eigenvalue weighted by Crippen LogP contribution is -2.46. The van der Waals surface area contributed by atoms with Gasteiger partial charge in [0.25, 0.3) is 5.91 Å². The zero-order chi connectivity index (χ0) is 25.8. The number of ether oxygens (including phenoxy) is 2. The summed E-state index contributed by atoms with van der Waals surface area (Å²) < 4.78 is 11.0. The van der Waals surface area contributed by atoms with Crippen molar-refractivity contribution in [1.29, 1.82) is 0 Å². The fourth-order valence-electron chi connectivity index (χ4n) is 5.90. The van der Waals surface area contributed by atoms with Crippen LogP contribution in [0.3, 0.4) is 0 Å². The SMILES string of the molecule is COc1cc2c(cc1OC)[C@@H](C(=O)NCCCN1C[C@H](C)C[C@H](C)C1)[C@@H](c1cccnc1)N(C)C2=O. The smallest absolute Gasteiger partial charge is 0.254 e.